The maximum Gasteiger partial charge on any atom is 0.0236 e. The molecule has 0 aliphatic carbocycles. The molecule has 1 aliphatic rings. The molecule has 1 aromatic rings. The average Bonchev–Trinajstić information content (AvgIpc) is 2.43. The van der Waals surface area contributed by atoms with Gasteiger partial charge in [0.2, 0.25) is 0 Å². The van der Waals surface area contributed by atoms with Crippen molar-refractivity contribution >= 4 is 0 Å². The van der Waals surface area contributed by atoms with E-state index in [1.807, 2.05) is 0 Å². The van der Waals surface area contributed by atoms with Gasteiger partial charge in [0, 0.05) is 12.6 Å². The Kier molecular flexibility index (Phi) is 5.41. The molecule has 0 saturated carbocycles. The van der Waals surface area contributed by atoms with Crippen LogP contribution < -0.4 is 5.73 Å². The fraction of sp³-hybridized carbons (Fsp3) is 0.647. The number of likely N-dealkylation sites (tertiary alicyclic amines) is 1. The number of rotatable bonds is 5. The van der Waals surface area contributed by atoms with Gasteiger partial charge in [0.1, 0.15) is 0 Å². The summed E-state index contributed by atoms with van der Waals surface area (Å²) in [6, 6.07) is 9.71. The minimum Gasteiger partial charge on any atom is -0.330 e. The molecule has 2 rings (SSSR count). The highest BCUT2D eigenvalue weighted by Crippen LogP contribution is 2.24. The minimum absolute atomic E-state index is 0.642. The maximum absolute atomic E-state index is 5.79. The average molecular weight is 260 g/mol. The lowest BCUT2D eigenvalue weighted by Crippen LogP contribution is -2.40. The molecule has 0 radical (unpaired) electrons. The third-order valence-corrected chi connectivity index (χ3v) is 4.33. The molecule has 106 valence electrons. The fourth-order valence-electron chi connectivity index (χ4n) is 3.02. The Morgan fingerprint density at radius 2 is 2.00 bits per heavy atom. The van der Waals surface area contributed by atoms with Crippen molar-refractivity contribution in [1.29, 1.82) is 0 Å². The summed E-state index contributed by atoms with van der Waals surface area (Å²) in [6.45, 7) is 7.59. The molecule has 1 saturated heterocycles. The van der Waals surface area contributed by atoms with Crippen LogP contribution in [0.2, 0.25) is 0 Å². The van der Waals surface area contributed by atoms with E-state index in [1.54, 1.807) is 0 Å². The van der Waals surface area contributed by atoms with Crippen molar-refractivity contribution in [3.05, 3.63) is 35.4 Å². The first-order chi connectivity index (χ1) is 9.19. The van der Waals surface area contributed by atoms with Gasteiger partial charge >= 0.3 is 0 Å². The Morgan fingerprint density at radius 3 is 2.68 bits per heavy atom. The highest BCUT2D eigenvalue weighted by molar-refractivity contribution is 5.21. The third-order valence-electron chi connectivity index (χ3n) is 4.33. The summed E-state index contributed by atoms with van der Waals surface area (Å²) in [5, 5.41) is 0. The summed E-state index contributed by atoms with van der Waals surface area (Å²) in [5.41, 5.74) is 8.57. The fourth-order valence-corrected chi connectivity index (χ4v) is 3.02. The zero-order valence-electron chi connectivity index (χ0n) is 12.4. The largest absolute Gasteiger partial charge is 0.330 e. The van der Waals surface area contributed by atoms with Gasteiger partial charge in [-0.25, -0.2) is 0 Å². The van der Waals surface area contributed by atoms with Gasteiger partial charge in [-0.1, -0.05) is 43.2 Å². The number of nitrogens with zero attached hydrogens (tertiary/aromatic N) is 1. The van der Waals surface area contributed by atoms with E-state index in [9.17, 15) is 0 Å². The van der Waals surface area contributed by atoms with E-state index in [0.29, 0.717) is 5.92 Å². The number of hydrogen-bond acceptors (Lipinski definition) is 2. The van der Waals surface area contributed by atoms with E-state index < -0.39 is 0 Å². The predicted molar refractivity (Wildman–Crippen MR) is 82.1 cm³/mol. The second kappa shape index (κ2) is 7.06. The Labute approximate surface area is 118 Å². The molecule has 0 bridgehead atoms. The molecule has 2 heteroatoms. The van der Waals surface area contributed by atoms with Crippen molar-refractivity contribution in [2.45, 2.75) is 52.1 Å². The number of nitrogens with two attached hydrogens (primary N) is 1. The molecule has 2 nitrogen and oxygen atoms in total. The van der Waals surface area contributed by atoms with Crippen LogP contribution in [0, 0.1) is 12.8 Å². The van der Waals surface area contributed by atoms with Gasteiger partial charge < -0.3 is 5.73 Å². The van der Waals surface area contributed by atoms with E-state index in [1.165, 1.54) is 43.4 Å². The first-order valence-corrected chi connectivity index (χ1v) is 7.68. The number of piperidine rings is 1. The molecule has 1 aromatic carbocycles. The molecule has 0 spiro atoms. The Hall–Kier alpha value is -0.860. The van der Waals surface area contributed by atoms with Crippen LogP contribution in [-0.2, 0) is 6.54 Å². The molecular formula is C17H28N2. The summed E-state index contributed by atoms with van der Waals surface area (Å²) in [6.07, 6.45) is 5.32. The van der Waals surface area contributed by atoms with Crippen LogP contribution in [0.15, 0.2) is 24.3 Å². The SMILES string of the molecule is Cc1ccc(CN2CCCCC2CC(C)CN)cc1. The van der Waals surface area contributed by atoms with Crippen LogP contribution in [-0.4, -0.2) is 24.0 Å². The smallest absolute Gasteiger partial charge is 0.0236 e. The van der Waals surface area contributed by atoms with Crippen LogP contribution in [0.1, 0.15) is 43.7 Å². The summed E-state index contributed by atoms with van der Waals surface area (Å²) < 4.78 is 0. The van der Waals surface area contributed by atoms with Crippen molar-refractivity contribution < 1.29 is 0 Å². The van der Waals surface area contributed by atoms with Crippen LogP contribution in [0.3, 0.4) is 0 Å². The normalized spacial score (nSPS) is 22.4. The lowest BCUT2D eigenvalue weighted by atomic mass is 9.92. The minimum atomic E-state index is 0.642. The molecule has 1 fully saturated rings. The summed E-state index contributed by atoms with van der Waals surface area (Å²) in [7, 11) is 0. The van der Waals surface area contributed by atoms with E-state index in [0.717, 1.165) is 19.1 Å². The Balaban J connectivity index is 1.97. The van der Waals surface area contributed by atoms with Gasteiger partial charge in [-0.2, -0.15) is 0 Å². The molecule has 19 heavy (non-hydrogen) atoms. The van der Waals surface area contributed by atoms with Gasteiger partial charge in [0.15, 0.2) is 0 Å². The lowest BCUT2D eigenvalue weighted by Gasteiger charge is -2.37. The number of benzene rings is 1. The van der Waals surface area contributed by atoms with Gasteiger partial charge in [-0.15, -0.1) is 0 Å². The highest BCUT2D eigenvalue weighted by Gasteiger charge is 2.23. The van der Waals surface area contributed by atoms with Crippen LogP contribution in [0.4, 0.5) is 0 Å². The highest BCUT2D eigenvalue weighted by atomic mass is 15.2. The van der Waals surface area contributed by atoms with Crippen LogP contribution >= 0.6 is 0 Å². The van der Waals surface area contributed by atoms with Crippen molar-refractivity contribution in [2.75, 3.05) is 13.1 Å². The molecular weight excluding hydrogens is 232 g/mol. The molecule has 2 N–H and O–H groups in total. The molecule has 1 heterocycles. The van der Waals surface area contributed by atoms with Crippen molar-refractivity contribution in [3.63, 3.8) is 0 Å². The number of hydrogen-bond donors (Lipinski definition) is 1. The van der Waals surface area contributed by atoms with Crippen molar-refractivity contribution in [1.82, 2.24) is 4.90 Å². The van der Waals surface area contributed by atoms with E-state index in [4.69, 9.17) is 5.73 Å². The zero-order valence-corrected chi connectivity index (χ0v) is 12.4. The van der Waals surface area contributed by atoms with E-state index in [2.05, 4.69) is 43.0 Å². The Bertz CT molecular complexity index is 371. The van der Waals surface area contributed by atoms with Crippen LogP contribution in [0.5, 0.6) is 0 Å². The number of aryl methyl sites for hydroxylation is 1. The zero-order chi connectivity index (χ0) is 13.7. The van der Waals surface area contributed by atoms with E-state index in [-0.39, 0.29) is 0 Å². The second-order valence-corrected chi connectivity index (χ2v) is 6.18. The molecule has 1 aliphatic heterocycles. The first-order valence-electron chi connectivity index (χ1n) is 7.68. The summed E-state index contributed by atoms with van der Waals surface area (Å²) in [5.74, 6) is 0.642. The Morgan fingerprint density at radius 1 is 1.26 bits per heavy atom. The van der Waals surface area contributed by atoms with Gasteiger partial charge in [0.25, 0.3) is 0 Å². The van der Waals surface area contributed by atoms with Gasteiger partial charge in [-0.05, 0) is 50.8 Å². The predicted octanol–water partition coefficient (Wildman–Crippen LogP) is 3.33. The van der Waals surface area contributed by atoms with Crippen molar-refractivity contribution in [2.24, 2.45) is 11.7 Å². The van der Waals surface area contributed by atoms with Gasteiger partial charge in [-0.3, -0.25) is 4.90 Å². The first kappa shape index (κ1) is 14.5. The monoisotopic (exact) mass is 260 g/mol. The maximum atomic E-state index is 5.79. The molecule has 2 atom stereocenters. The second-order valence-electron chi connectivity index (χ2n) is 6.18. The quantitative estimate of drug-likeness (QED) is 0.880. The van der Waals surface area contributed by atoms with Crippen LogP contribution in [0.25, 0.3) is 0 Å². The molecule has 0 amide bonds. The topological polar surface area (TPSA) is 29.3 Å². The lowest BCUT2D eigenvalue weighted by molar-refractivity contribution is 0.120. The third kappa shape index (κ3) is 4.32. The standard InChI is InChI=1S/C17H28N2/c1-14-6-8-16(9-7-14)13-19-10-4-3-5-17(19)11-15(2)12-18/h6-9,15,17H,3-5,10-13,18H2,1-2H3. The summed E-state index contributed by atoms with van der Waals surface area (Å²) in [4.78, 5) is 2.67. The molecule has 0 aromatic heterocycles. The summed E-state index contributed by atoms with van der Waals surface area (Å²) >= 11 is 0. The molecule has 2 unspecified atom stereocenters. The van der Waals surface area contributed by atoms with Crippen molar-refractivity contribution in [3.8, 4) is 0 Å². The van der Waals surface area contributed by atoms with Gasteiger partial charge in [0.05, 0.1) is 0 Å². The van der Waals surface area contributed by atoms with E-state index >= 15 is 0 Å².